The van der Waals surface area contributed by atoms with Crippen LogP contribution in [0.1, 0.15) is 0 Å². The monoisotopic (exact) mass is 279 g/mol. The van der Waals surface area contributed by atoms with Gasteiger partial charge in [-0.25, -0.2) is 4.98 Å². The van der Waals surface area contributed by atoms with Crippen molar-refractivity contribution in [2.45, 2.75) is 0 Å². The Kier molecular flexibility index (Phi) is 3.52. The average Bonchev–Trinajstić information content (AvgIpc) is 2.38. The van der Waals surface area contributed by atoms with Gasteiger partial charge in [0.15, 0.2) is 0 Å². The van der Waals surface area contributed by atoms with E-state index < -0.39 is 4.92 Å². The number of pyridine rings is 1. The molecule has 0 bridgehead atoms. The fourth-order valence-corrected chi connectivity index (χ4v) is 1.91. The third-order valence-electron chi connectivity index (χ3n) is 2.59. The van der Waals surface area contributed by atoms with Crippen molar-refractivity contribution in [3.05, 3.63) is 45.6 Å². The summed E-state index contributed by atoms with van der Waals surface area (Å²) < 4.78 is 5.00. The molecule has 0 aliphatic rings. The van der Waals surface area contributed by atoms with Crippen LogP contribution in [0.5, 0.6) is 5.88 Å². The molecule has 0 fully saturated rings. The number of rotatable bonds is 3. The molecule has 19 heavy (non-hydrogen) atoms. The second-order valence-electron chi connectivity index (χ2n) is 3.70. The quantitative estimate of drug-likeness (QED) is 0.689. The van der Waals surface area contributed by atoms with Crippen LogP contribution in [-0.2, 0) is 0 Å². The van der Waals surface area contributed by atoms with Crippen molar-refractivity contribution < 1.29 is 9.66 Å². The van der Waals surface area contributed by atoms with Crippen molar-refractivity contribution in [3.8, 4) is 17.0 Å². The number of ether oxygens (including phenoxy) is 1. The molecule has 0 saturated carbocycles. The molecule has 0 aliphatic heterocycles. The van der Waals surface area contributed by atoms with Crippen LogP contribution < -0.4 is 10.5 Å². The number of benzene rings is 1. The molecule has 0 amide bonds. The molecule has 1 aromatic carbocycles. The van der Waals surface area contributed by atoms with Crippen LogP contribution in [0.25, 0.3) is 11.1 Å². The predicted molar refractivity (Wildman–Crippen MR) is 72.3 cm³/mol. The molecule has 2 N–H and O–H groups in total. The van der Waals surface area contributed by atoms with E-state index in [-0.39, 0.29) is 17.3 Å². The molecular weight excluding hydrogens is 270 g/mol. The number of methoxy groups -OCH3 is 1. The molecule has 1 heterocycles. The molecule has 2 rings (SSSR count). The Labute approximate surface area is 113 Å². The molecule has 6 nitrogen and oxygen atoms in total. The normalized spacial score (nSPS) is 10.2. The van der Waals surface area contributed by atoms with Gasteiger partial charge in [0.05, 0.1) is 17.6 Å². The van der Waals surface area contributed by atoms with Crippen molar-refractivity contribution in [3.63, 3.8) is 0 Å². The molecule has 2 aromatic rings. The Morgan fingerprint density at radius 3 is 2.74 bits per heavy atom. The standard InChI is InChI=1S/C12H10ClN3O3/c1-19-12-11(14)8(4-5-15-12)9-6-7(13)2-3-10(9)16(17)18/h2-6H,14H2,1H3. The zero-order valence-corrected chi connectivity index (χ0v) is 10.7. The minimum absolute atomic E-state index is 0.0793. The molecular formula is C12H10ClN3O3. The van der Waals surface area contributed by atoms with Crippen molar-refractivity contribution in [2.75, 3.05) is 12.8 Å². The average molecular weight is 280 g/mol. The lowest BCUT2D eigenvalue weighted by Gasteiger charge is -2.09. The maximum absolute atomic E-state index is 11.0. The van der Waals surface area contributed by atoms with Gasteiger partial charge in [-0.05, 0) is 18.2 Å². The summed E-state index contributed by atoms with van der Waals surface area (Å²) in [5.41, 5.74) is 6.83. The lowest BCUT2D eigenvalue weighted by atomic mass is 10.0. The molecule has 0 aliphatic carbocycles. The molecule has 1 aromatic heterocycles. The summed E-state index contributed by atoms with van der Waals surface area (Å²) in [6, 6.07) is 5.86. The van der Waals surface area contributed by atoms with Gasteiger partial charge < -0.3 is 10.5 Å². The summed E-state index contributed by atoms with van der Waals surface area (Å²) >= 11 is 5.89. The lowest BCUT2D eigenvalue weighted by molar-refractivity contribution is -0.384. The smallest absolute Gasteiger partial charge is 0.277 e. The predicted octanol–water partition coefficient (Wildman–Crippen LogP) is 2.90. The van der Waals surface area contributed by atoms with E-state index >= 15 is 0 Å². The fourth-order valence-electron chi connectivity index (χ4n) is 1.73. The summed E-state index contributed by atoms with van der Waals surface area (Å²) in [7, 11) is 1.43. The summed E-state index contributed by atoms with van der Waals surface area (Å²) in [6.07, 6.45) is 1.47. The van der Waals surface area contributed by atoms with E-state index in [0.717, 1.165) is 0 Å². The van der Waals surface area contributed by atoms with Gasteiger partial charge >= 0.3 is 0 Å². The van der Waals surface area contributed by atoms with E-state index in [1.54, 1.807) is 6.07 Å². The van der Waals surface area contributed by atoms with E-state index in [4.69, 9.17) is 22.1 Å². The first-order valence-electron chi connectivity index (χ1n) is 5.27. The van der Waals surface area contributed by atoms with E-state index in [0.29, 0.717) is 16.1 Å². The van der Waals surface area contributed by atoms with Crippen molar-refractivity contribution in [2.24, 2.45) is 0 Å². The molecule has 0 spiro atoms. The van der Waals surface area contributed by atoms with E-state index in [1.807, 2.05) is 0 Å². The van der Waals surface area contributed by atoms with Gasteiger partial charge in [0, 0.05) is 22.8 Å². The van der Waals surface area contributed by atoms with Crippen molar-refractivity contribution >= 4 is 23.0 Å². The number of nitro benzene ring substituents is 1. The largest absolute Gasteiger partial charge is 0.480 e. The Bertz CT molecular complexity index is 646. The third kappa shape index (κ3) is 2.43. The zero-order valence-electron chi connectivity index (χ0n) is 9.96. The highest BCUT2D eigenvalue weighted by Crippen LogP contribution is 2.38. The number of nitrogen functional groups attached to an aromatic ring is 1. The van der Waals surface area contributed by atoms with Gasteiger partial charge in [-0.2, -0.15) is 0 Å². The zero-order chi connectivity index (χ0) is 14.0. The Morgan fingerprint density at radius 2 is 2.11 bits per heavy atom. The first-order chi connectivity index (χ1) is 9.04. The van der Waals surface area contributed by atoms with Crippen molar-refractivity contribution in [1.29, 1.82) is 0 Å². The van der Waals surface area contributed by atoms with Gasteiger partial charge in [0.1, 0.15) is 5.69 Å². The maximum atomic E-state index is 11.0. The highest BCUT2D eigenvalue weighted by atomic mass is 35.5. The molecule has 0 radical (unpaired) electrons. The summed E-state index contributed by atoms with van der Waals surface area (Å²) in [5.74, 6) is 0.215. The highest BCUT2D eigenvalue weighted by molar-refractivity contribution is 6.31. The Morgan fingerprint density at radius 1 is 1.37 bits per heavy atom. The number of anilines is 1. The summed E-state index contributed by atoms with van der Waals surface area (Å²) in [4.78, 5) is 14.5. The Balaban J connectivity index is 2.71. The number of aromatic nitrogens is 1. The van der Waals surface area contributed by atoms with Gasteiger partial charge in [0.25, 0.3) is 5.69 Å². The van der Waals surface area contributed by atoms with Crippen molar-refractivity contribution in [1.82, 2.24) is 4.98 Å². The van der Waals surface area contributed by atoms with E-state index in [1.165, 1.54) is 31.5 Å². The SMILES string of the molecule is COc1nccc(-c2cc(Cl)ccc2[N+](=O)[O-])c1N. The number of halogens is 1. The van der Waals surface area contributed by atoms with Crippen LogP contribution in [-0.4, -0.2) is 17.0 Å². The minimum Gasteiger partial charge on any atom is -0.480 e. The van der Waals surface area contributed by atoms with Crippen LogP contribution in [0.15, 0.2) is 30.5 Å². The fraction of sp³-hybridized carbons (Fsp3) is 0.0833. The van der Waals surface area contributed by atoms with Crippen LogP contribution in [0, 0.1) is 10.1 Å². The van der Waals surface area contributed by atoms with Gasteiger partial charge in [-0.3, -0.25) is 10.1 Å². The first kappa shape index (κ1) is 13.1. The molecule has 98 valence electrons. The lowest BCUT2D eigenvalue weighted by Crippen LogP contribution is -1.99. The van der Waals surface area contributed by atoms with E-state index in [2.05, 4.69) is 4.98 Å². The molecule has 0 unspecified atom stereocenters. The molecule has 7 heteroatoms. The van der Waals surface area contributed by atoms with Crippen LogP contribution in [0.4, 0.5) is 11.4 Å². The molecule has 0 saturated heterocycles. The van der Waals surface area contributed by atoms with E-state index in [9.17, 15) is 10.1 Å². The highest BCUT2D eigenvalue weighted by Gasteiger charge is 2.19. The van der Waals surface area contributed by atoms with Gasteiger partial charge in [0.2, 0.25) is 5.88 Å². The second-order valence-corrected chi connectivity index (χ2v) is 4.14. The minimum atomic E-state index is -0.488. The molecule has 0 atom stereocenters. The van der Waals surface area contributed by atoms with Gasteiger partial charge in [-0.15, -0.1) is 0 Å². The van der Waals surface area contributed by atoms with Crippen LogP contribution in [0.2, 0.25) is 5.02 Å². The second kappa shape index (κ2) is 5.11. The summed E-state index contributed by atoms with van der Waals surface area (Å²) in [6.45, 7) is 0. The number of nitrogens with zero attached hydrogens (tertiary/aromatic N) is 2. The number of hydrogen-bond acceptors (Lipinski definition) is 5. The summed E-state index contributed by atoms with van der Waals surface area (Å²) in [5, 5.41) is 11.4. The maximum Gasteiger partial charge on any atom is 0.277 e. The Hall–Kier alpha value is -2.34. The number of nitro groups is 1. The van der Waals surface area contributed by atoms with Crippen LogP contribution in [0.3, 0.4) is 0 Å². The first-order valence-corrected chi connectivity index (χ1v) is 5.65. The van der Waals surface area contributed by atoms with Crippen LogP contribution >= 0.6 is 11.6 Å². The third-order valence-corrected chi connectivity index (χ3v) is 2.83. The number of hydrogen-bond donors (Lipinski definition) is 1. The number of nitrogens with two attached hydrogens (primary N) is 1. The van der Waals surface area contributed by atoms with Gasteiger partial charge in [-0.1, -0.05) is 11.6 Å². The topological polar surface area (TPSA) is 91.3 Å².